The van der Waals surface area contributed by atoms with Crippen LogP contribution in [0.2, 0.25) is 5.02 Å². The number of carbonyl (C=O) groups excluding carboxylic acids is 1. The molecule has 4 aromatic rings. The van der Waals surface area contributed by atoms with Crippen molar-refractivity contribution in [2.45, 2.75) is 17.8 Å². The van der Waals surface area contributed by atoms with Crippen LogP contribution in [0.1, 0.15) is 27.8 Å². The summed E-state index contributed by atoms with van der Waals surface area (Å²) in [6.45, 7) is -0.173. The third-order valence-corrected chi connectivity index (χ3v) is 7.23. The van der Waals surface area contributed by atoms with E-state index in [1.807, 2.05) is 18.2 Å². The summed E-state index contributed by atoms with van der Waals surface area (Å²) >= 11 is 6.12. The Hall–Kier alpha value is -4.31. The first-order valence-electron chi connectivity index (χ1n) is 12.7. The van der Waals surface area contributed by atoms with Crippen LogP contribution in [0.25, 0.3) is 0 Å². The lowest BCUT2D eigenvalue weighted by Crippen LogP contribution is -2.41. The predicted molar refractivity (Wildman–Crippen MR) is 148 cm³/mol. The predicted octanol–water partition coefficient (Wildman–Crippen LogP) is 8.02. The van der Waals surface area contributed by atoms with E-state index in [0.29, 0.717) is 21.9 Å². The number of nitrogens with one attached hydrogen (secondary N) is 1. The van der Waals surface area contributed by atoms with Crippen LogP contribution in [0.15, 0.2) is 108 Å². The lowest BCUT2D eigenvalue weighted by Gasteiger charge is -2.33. The summed E-state index contributed by atoms with van der Waals surface area (Å²) in [5.41, 5.74) is -0.141. The second-order valence-electron chi connectivity index (χ2n) is 9.75. The largest absolute Gasteiger partial charge is 0.416 e. The maximum absolute atomic E-state index is 13.4. The zero-order valence-corrected chi connectivity index (χ0v) is 22.4. The van der Waals surface area contributed by atoms with Crippen molar-refractivity contribution >= 4 is 28.9 Å². The topological polar surface area (TPSA) is 44.7 Å². The van der Waals surface area contributed by atoms with E-state index in [1.54, 1.807) is 36.4 Å². The van der Waals surface area contributed by atoms with Gasteiger partial charge in [-0.2, -0.15) is 31.4 Å². The molecule has 1 heterocycles. The number of alkyl halides is 6. The van der Waals surface area contributed by atoms with Gasteiger partial charge in [-0.15, -0.1) is 0 Å². The Labute approximate surface area is 242 Å². The third kappa shape index (κ3) is 5.99. The van der Waals surface area contributed by atoms with Crippen molar-refractivity contribution in [1.82, 2.24) is 5.01 Å². The number of anilines is 1. The van der Waals surface area contributed by atoms with Crippen molar-refractivity contribution in [3.05, 3.63) is 136 Å². The molecule has 5 rings (SSSR count). The molecule has 1 aliphatic rings. The second-order valence-corrected chi connectivity index (χ2v) is 10.2. The molecule has 0 spiro atoms. The van der Waals surface area contributed by atoms with E-state index in [0.717, 1.165) is 42.0 Å². The molecular formula is C31H22ClF6N3O. The second kappa shape index (κ2) is 11.2. The number of nitrogens with zero attached hydrogens (tertiary/aromatic N) is 2. The summed E-state index contributed by atoms with van der Waals surface area (Å²) in [6.07, 6.45) is -9.03. The Kier molecular flexibility index (Phi) is 7.76. The van der Waals surface area contributed by atoms with E-state index in [4.69, 9.17) is 16.7 Å². The summed E-state index contributed by atoms with van der Waals surface area (Å²) in [6, 6.07) is 24.8. The van der Waals surface area contributed by atoms with E-state index >= 15 is 0 Å². The number of benzene rings is 4. The standard InChI is InChI=1S/C31H22ClF6N3O/c32-25-14-6-20(7-15-25)28-29(21-4-2-1-3-5-21,22-8-10-23(11-9-22)30(33,34)35)19-41(40-28)18-27(42)39-26-16-12-24(13-17-26)31(36,37)38/h1-17H,18-19H2,(H,39,42). The summed E-state index contributed by atoms with van der Waals surface area (Å²) in [7, 11) is 0. The zero-order valence-electron chi connectivity index (χ0n) is 21.7. The average molecular weight is 602 g/mol. The van der Waals surface area contributed by atoms with Gasteiger partial charge in [-0.1, -0.05) is 66.2 Å². The molecule has 216 valence electrons. The van der Waals surface area contributed by atoms with Gasteiger partial charge >= 0.3 is 12.4 Å². The van der Waals surface area contributed by atoms with Gasteiger partial charge in [0.25, 0.3) is 0 Å². The Bertz CT molecular complexity index is 1590. The van der Waals surface area contributed by atoms with Crippen LogP contribution in [-0.4, -0.2) is 29.7 Å². The van der Waals surface area contributed by atoms with Gasteiger partial charge in [0.15, 0.2) is 0 Å². The minimum Gasteiger partial charge on any atom is -0.324 e. The average Bonchev–Trinajstić information content (AvgIpc) is 3.33. The van der Waals surface area contributed by atoms with Gasteiger partial charge in [0.1, 0.15) is 6.54 Å². The molecule has 0 saturated heterocycles. The van der Waals surface area contributed by atoms with Crippen LogP contribution in [0.3, 0.4) is 0 Å². The van der Waals surface area contributed by atoms with E-state index in [-0.39, 0.29) is 18.8 Å². The molecule has 1 amide bonds. The molecule has 1 unspecified atom stereocenters. The zero-order chi connectivity index (χ0) is 30.1. The van der Waals surface area contributed by atoms with Crippen molar-refractivity contribution in [2.24, 2.45) is 5.10 Å². The Morgan fingerprint density at radius 2 is 1.29 bits per heavy atom. The van der Waals surface area contributed by atoms with Crippen molar-refractivity contribution in [3.8, 4) is 0 Å². The molecule has 0 aromatic heterocycles. The van der Waals surface area contributed by atoms with Gasteiger partial charge < -0.3 is 5.32 Å². The number of rotatable bonds is 6. The molecule has 0 aliphatic carbocycles. The Morgan fingerprint density at radius 3 is 1.83 bits per heavy atom. The molecular weight excluding hydrogens is 580 g/mol. The van der Waals surface area contributed by atoms with Crippen LogP contribution in [0.4, 0.5) is 32.0 Å². The number of hydrazone groups is 1. The van der Waals surface area contributed by atoms with Crippen molar-refractivity contribution in [3.63, 3.8) is 0 Å². The SMILES string of the molecule is O=C(CN1CC(c2ccccc2)(c2ccc(C(F)(F)F)cc2)C(c2ccc(Cl)cc2)=N1)Nc1ccc(C(F)(F)F)cc1. The molecule has 0 saturated carbocycles. The maximum Gasteiger partial charge on any atom is 0.416 e. The molecule has 0 radical (unpaired) electrons. The lowest BCUT2D eigenvalue weighted by atomic mass is 9.69. The van der Waals surface area contributed by atoms with Crippen LogP contribution < -0.4 is 5.32 Å². The minimum absolute atomic E-state index is 0.0980. The maximum atomic E-state index is 13.4. The highest BCUT2D eigenvalue weighted by Crippen LogP contribution is 2.42. The van der Waals surface area contributed by atoms with Crippen molar-refractivity contribution in [1.29, 1.82) is 0 Å². The van der Waals surface area contributed by atoms with Crippen LogP contribution in [0, 0.1) is 0 Å². The van der Waals surface area contributed by atoms with Gasteiger partial charge in [0.2, 0.25) is 5.91 Å². The van der Waals surface area contributed by atoms with Gasteiger partial charge in [-0.05, 0) is 65.2 Å². The smallest absolute Gasteiger partial charge is 0.324 e. The summed E-state index contributed by atoms with van der Waals surface area (Å²) < 4.78 is 79.0. The first kappa shape index (κ1) is 29.2. The molecule has 0 bridgehead atoms. The summed E-state index contributed by atoms with van der Waals surface area (Å²) in [5, 5.41) is 9.32. The van der Waals surface area contributed by atoms with Gasteiger partial charge in [0, 0.05) is 10.7 Å². The fraction of sp³-hybridized carbons (Fsp3) is 0.161. The first-order valence-corrected chi connectivity index (χ1v) is 13.0. The van der Waals surface area contributed by atoms with Gasteiger partial charge in [0.05, 0.1) is 28.8 Å². The summed E-state index contributed by atoms with van der Waals surface area (Å²) in [5.74, 6) is -0.537. The molecule has 1 aliphatic heterocycles. The van der Waals surface area contributed by atoms with Crippen molar-refractivity contribution in [2.75, 3.05) is 18.4 Å². The Balaban J connectivity index is 1.53. The number of hydrogen-bond acceptors (Lipinski definition) is 3. The van der Waals surface area contributed by atoms with Crippen LogP contribution in [0.5, 0.6) is 0 Å². The minimum atomic E-state index is -4.52. The number of halogens is 7. The highest BCUT2D eigenvalue weighted by atomic mass is 35.5. The molecule has 4 nitrogen and oxygen atoms in total. The highest BCUT2D eigenvalue weighted by molar-refractivity contribution is 6.30. The molecule has 4 aromatic carbocycles. The third-order valence-electron chi connectivity index (χ3n) is 6.98. The quantitative estimate of drug-likeness (QED) is 0.228. The van der Waals surface area contributed by atoms with Gasteiger partial charge in [-0.25, -0.2) is 0 Å². The van der Waals surface area contributed by atoms with E-state index in [2.05, 4.69) is 5.32 Å². The fourth-order valence-corrected chi connectivity index (χ4v) is 5.14. The molecule has 1 N–H and O–H groups in total. The molecule has 11 heteroatoms. The van der Waals surface area contributed by atoms with Crippen LogP contribution in [-0.2, 0) is 22.6 Å². The van der Waals surface area contributed by atoms with E-state index in [1.165, 1.54) is 17.1 Å². The van der Waals surface area contributed by atoms with Crippen molar-refractivity contribution < 1.29 is 31.1 Å². The highest BCUT2D eigenvalue weighted by Gasteiger charge is 2.47. The number of amides is 1. The van der Waals surface area contributed by atoms with Crippen LogP contribution >= 0.6 is 11.6 Å². The molecule has 1 atom stereocenters. The lowest BCUT2D eigenvalue weighted by molar-refractivity contribution is -0.138. The number of carbonyl (C=O) groups is 1. The Morgan fingerprint density at radius 1 is 0.762 bits per heavy atom. The normalized spacial score (nSPS) is 17.2. The monoisotopic (exact) mass is 601 g/mol. The van der Waals surface area contributed by atoms with E-state index < -0.39 is 34.8 Å². The van der Waals surface area contributed by atoms with E-state index in [9.17, 15) is 31.1 Å². The first-order chi connectivity index (χ1) is 19.9. The summed E-state index contributed by atoms with van der Waals surface area (Å²) in [4.78, 5) is 13.0. The number of hydrogen-bond donors (Lipinski definition) is 1. The van der Waals surface area contributed by atoms with Gasteiger partial charge in [-0.3, -0.25) is 9.80 Å². The fourth-order valence-electron chi connectivity index (χ4n) is 5.01. The molecule has 0 fully saturated rings. The molecule has 42 heavy (non-hydrogen) atoms.